The molecule has 1 heterocycles. The number of nitrogens with zero attached hydrogens (tertiary/aromatic N) is 2. The predicted octanol–water partition coefficient (Wildman–Crippen LogP) is 4.03. The van der Waals surface area contributed by atoms with Gasteiger partial charge in [0.25, 0.3) is 0 Å². The van der Waals surface area contributed by atoms with Crippen LogP contribution in [0.3, 0.4) is 0 Å². The number of aromatic nitrogens is 1. The molecule has 0 bridgehead atoms. The molecule has 0 saturated heterocycles. The molecule has 0 unspecified atom stereocenters. The summed E-state index contributed by atoms with van der Waals surface area (Å²) in [5.74, 6) is 0.211. The molecule has 2 N–H and O–H groups in total. The Morgan fingerprint density at radius 3 is 2.65 bits per heavy atom. The molecule has 0 aliphatic heterocycles. The normalized spacial score (nSPS) is 12.0. The Labute approximate surface area is 160 Å². The maximum atomic E-state index is 12.9. The summed E-state index contributed by atoms with van der Waals surface area (Å²) in [5.41, 5.74) is 1.85. The summed E-state index contributed by atoms with van der Waals surface area (Å²) in [5, 5.41) is 12.9. The molecule has 6 heteroatoms. The van der Waals surface area contributed by atoms with Crippen LogP contribution in [0.25, 0.3) is 0 Å². The fourth-order valence-electron chi connectivity index (χ4n) is 2.77. The summed E-state index contributed by atoms with van der Waals surface area (Å²) in [6, 6.07) is 11.0. The van der Waals surface area contributed by atoms with Crippen molar-refractivity contribution >= 4 is 17.6 Å². The van der Waals surface area contributed by atoms with E-state index < -0.39 is 0 Å². The molecule has 5 nitrogen and oxygen atoms in total. The number of urea groups is 1. The minimum absolute atomic E-state index is 0.0303. The summed E-state index contributed by atoms with van der Waals surface area (Å²) in [7, 11) is 0. The highest BCUT2D eigenvalue weighted by Gasteiger charge is 2.22. The molecule has 26 heavy (non-hydrogen) atoms. The van der Waals surface area contributed by atoms with Crippen LogP contribution in [0, 0.1) is 5.92 Å². The van der Waals surface area contributed by atoms with Gasteiger partial charge in [-0.25, -0.2) is 4.79 Å². The van der Waals surface area contributed by atoms with Crippen LogP contribution in [0.1, 0.15) is 37.4 Å². The second-order valence-electron chi connectivity index (χ2n) is 6.55. The molecular formula is C20H26ClN3O2. The highest BCUT2D eigenvalue weighted by Crippen LogP contribution is 2.22. The van der Waals surface area contributed by atoms with Crippen molar-refractivity contribution in [2.24, 2.45) is 5.92 Å². The van der Waals surface area contributed by atoms with Gasteiger partial charge in [-0.2, -0.15) is 0 Å². The molecule has 1 atom stereocenters. The van der Waals surface area contributed by atoms with Crippen molar-refractivity contribution in [3.05, 3.63) is 64.9 Å². The SMILES string of the molecule is CC(C)[C@H](NC(=O)N(CCCO)Cc1ccccc1Cl)c1cccnc1. The smallest absolute Gasteiger partial charge is 0.318 e. The summed E-state index contributed by atoms with van der Waals surface area (Å²) in [6.07, 6.45) is 4.00. The van der Waals surface area contributed by atoms with Gasteiger partial charge in [-0.1, -0.05) is 49.7 Å². The molecule has 1 aromatic heterocycles. The molecule has 2 amide bonds. The van der Waals surface area contributed by atoms with Gasteiger partial charge in [0.2, 0.25) is 0 Å². The second kappa shape index (κ2) is 10.1. The first-order valence-corrected chi connectivity index (χ1v) is 9.20. The Kier molecular flexibility index (Phi) is 7.88. The summed E-state index contributed by atoms with van der Waals surface area (Å²) in [4.78, 5) is 18.8. The first-order chi connectivity index (χ1) is 12.5. The van der Waals surface area contributed by atoms with Gasteiger partial charge >= 0.3 is 6.03 Å². The molecule has 140 valence electrons. The largest absolute Gasteiger partial charge is 0.396 e. The van der Waals surface area contributed by atoms with Gasteiger partial charge in [-0.05, 0) is 35.6 Å². The van der Waals surface area contributed by atoms with Gasteiger partial charge in [-0.15, -0.1) is 0 Å². The van der Waals surface area contributed by atoms with Gasteiger partial charge in [-0.3, -0.25) is 4.98 Å². The molecule has 1 aromatic carbocycles. The fraction of sp³-hybridized carbons (Fsp3) is 0.400. The van der Waals surface area contributed by atoms with Crippen LogP contribution in [0.2, 0.25) is 5.02 Å². The number of hydrogen-bond donors (Lipinski definition) is 2. The molecule has 0 aliphatic rings. The van der Waals surface area contributed by atoms with Crippen molar-refractivity contribution in [2.75, 3.05) is 13.2 Å². The van der Waals surface area contributed by atoms with Crippen molar-refractivity contribution in [3.63, 3.8) is 0 Å². The highest BCUT2D eigenvalue weighted by atomic mass is 35.5. The molecule has 2 aromatic rings. The first-order valence-electron chi connectivity index (χ1n) is 8.82. The number of aliphatic hydroxyl groups excluding tert-OH is 1. The number of nitrogens with one attached hydrogen (secondary N) is 1. The zero-order valence-electron chi connectivity index (χ0n) is 15.2. The Balaban J connectivity index is 2.15. The predicted molar refractivity (Wildman–Crippen MR) is 104 cm³/mol. The van der Waals surface area contributed by atoms with Crippen LogP contribution in [-0.4, -0.2) is 34.2 Å². The number of aliphatic hydroxyl groups is 1. The summed E-state index contributed by atoms with van der Waals surface area (Å²) >= 11 is 6.24. The van der Waals surface area contributed by atoms with E-state index in [9.17, 15) is 9.90 Å². The lowest BCUT2D eigenvalue weighted by Crippen LogP contribution is -2.43. The summed E-state index contributed by atoms with van der Waals surface area (Å²) in [6.45, 7) is 4.99. The van der Waals surface area contributed by atoms with Crippen LogP contribution in [0.4, 0.5) is 4.79 Å². The lowest BCUT2D eigenvalue weighted by Gasteiger charge is -2.29. The molecule has 0 spiro atoms. The summed E-state index contributed by atoms with van der Waals surface area (Å²) < 4.78 is 0. The molecule has 0 radical (unpaired) electrons. The van der Waals surface area contributed by atoms with Gasteiger partial charge in [0.15, 0.2) is 0 Å². The Bertz CT molecular complexity index is 694. The Morgan fingerprint density at radius 2 is 2.04 bits per heavy atom. The van der Waals surface area contributed by atoms with Crippen molar-refractivity contribution in [1.29, 1.82) is 0 Å². The number of benzene rings is 1. The number of carbonyl (C=O) groups excluding carboxylic acids is 1. The zero-order valence-corrected chi connectivity index (χ0v) is 16.0. The third-order valence-corrected chi connectivity index (χ3v) is 4.55. The molecule has 2 rings (SSSR count). The third kappa shape index (κ3) is 5.71. The van der Waals surface area contributed by atoms with E-state index in [-0.39, 0.29) is 24.6 Å². The van der Waals surface area contributed by atoms with Crippen molar-refractivity contribution in [3.8, 4) is 0 Å². The minimum Gasteiger partial charge on any atom is -0.396 e. The Hall–Kier alpha value is -2.11. The first kappa shape index (κ1) is 20.2. The van der Waals surface area contributed by atoms with E-state index in [0.29, 0.717) is 24.5 Å². The molecule has 0 saturated carbocycles. The fourth-order valence-corrected chi connectivity index (χ4v) is 2.96. The average Bonchev–Trinajstić information content (AvgIpc) is 2.64. The van der Waals surface area contributed by atoms with Crippen LogP contribution in [-0.2, 0) is 6.54 Å². The van der Waals surface area contributed by atoms with Crippen LogP contribution in [0.15, 0.2) is 48.8 Å². The van der Waals surface area contributed by atoms with Crippen LogP contribution in [0.5, 0.6) is 0 Å². The van der Waals surface area contributed by atoms with Crippen LogP contribution >= 0.6 is 11.6 Å². The Morgan fingerprint density at radius 1 is 1.27 bits per heavy atom. The maximum absolute atomic E-state index is 12.9. The number of hydrogen-bond acceptors (Lipinski definition) is 3. The maximum Gasteiger partial charge on any atom is 0.318 e. The van der Waals surface area contributed by atoms with Crippen molar-refractivity contribution in [1.82, 2.24) is 15.2 Å². The highest BCUT2D eigenvalue weighted by molar-refractivity contribution is 6.31. The lowest BCUT2D eigenvalue weighted by molar-refractivity contribution is 0.179. The quantitative estimate of drug-likeness (QED) is 0.732. The number of amides is 2. The van der Waals surface area contributed by atoms with Gasteiger partial charge in [0.1, 0.15) is 0 Å². The van der Waals surface area contributed by atoms with Gasteiger partial charge in [0, 0.05) is 37.1 Å². The standard InChI is InChI=1S/C20H26ClN3O2/c1-15(2)19(16-8-5-10-22-13-16)23-20(26)24(11-6-12-25)14-17-7-3-4-9-18(17)21/h3-5,7-10,13,15,19,25H,6,11-12,14H2,1-2H3,(H,23,26)/t19-/m0/s1. The van der Waals surface area contributed by atoms with E-state index in [2.05, 4.69) is 24.1 Å². The van der Waals surface area contributed by atoms with Gasteiger partial charge < -0.3 is 15.3 Å². The third-order valence-electron chi connectivity index (χ3n) is 4.18. The second-order valence-corrected chi connectivity index (χ2v) is 6.95. The molecule has 0 fully saturated rings. The lowest BCUT2D eigenvalue weighted by atomic mass is 9.97. The van der Waals surface area contributed by atoms with Crippen molar-refractivity contribution < 1.29 is 9.90 Å². The number of rotatable bonds is 8. The van der Waals surface area contributed by atoms with Crippen LogP contribution < -0.4 is 5.32 Å². The average molecular weight is 376 g/mol. The zero-order chi connectivity index (χ0) is 18.9. The number of carbonyl (C=O) groups is 1. The van der Waals surface area contributed by atoms with Crippen molar-refractivity contribution in [2.45, 2.75) is 32.9 Å². The minimum atomic E-state index is -0.180. The van der Waals surface area contributed by atoms with E-state index in [0.717, 1.165) is 11.1 Å². The van der Waals surface area contributed by atoms with E-state index in [4.69, 9.17) is 11.6 Å². The topological polar surface area (TPSA) is 65.5 Å². The number of pyridine rings is 1. The van der Waals surface area contributed by atoms with E-state index >= 15 is 0 Å². The van der Waals surface area contributed by atoms with Gasteiger partial charge in [0.05, 0.1) is 6.04 Å². The number of halogens is 1. The molecular weight excluding hydrogens is 350 g/mol. The van der Waals surface area contributed by atoms with E-state index in [1.54, 1.807) is 17.3 Å². The molecule has 0 aliphatic carbocycles. The monoisotopic (exact) mass is 375 g/mol. The van der Waals surface area contributed by atoms with E-state index in [1.807, 2.05) is 36.4 Å². The van der Waals surface area contributed by atoms with E-state index in [1.165, 1.54) is 0 Å².